The van der Waals surface area contributed by atoms with Crippen LogP contribution >= 0.6 is 28.3 Å². The molecular weight excluding hydrogens is 304 g/mol. The van der Waals surface area contributed by atoms with Gasteiger partial charge in [0.1, 0.15) is 5.54 Å². The molecule has 3 nitrogen and oxygen atoms in total. The number of likely N-dealkylation sites (N-methyl/N-ethyl adjacent to an activating group) is 1. The highest BCUT2D eigenvalue weighted by Crippen LogP contribution is 2.22. The van der Waals surface area contributed by atoms with Crippen LogP contribution in [-0.2, 0) is 10.3 Å². The molecule has 0 bridgehead atoms. The van der Waals surface area contributed by atoms with E-state index in [1.807, 2.05) is 31.2 Å². The molecule has 1 aromatic carbocycles. The topological polar surface area (TPSA) is 46.3 Å². The van der Waals surface area contributed by atoms with Crippen molar-refractivity contribution in [3.05, 3.63) is 34.3 Å². The van der Waals surface area contributed by atoms with Gasteiger partial charge in [-0.3, -0.25) is 4.79 Å². The van der Waals surface area contributed by atoms with Crippen LogP contribution in [-0.4, -0.2) is 24.4 Å². The Bertz CT molecular complexity index is 379. The number of amides is 1. The lowest BCUT2D eigenvalue weighted by Gasteiger charge is -2.29. The second-order valence-corrected chi connectivity index (χ2v) is 4.94. The average Bonchev–Trinajstić information content (AvgIpc) is 2.27. The Morgan fingerprint density at radius 2 is 1.88 bits per heavy atom. The monoisotopic (exact) mass is 320 g/mol. The van der Waals surface area contributed by atoms with Crippen LogP contribution in [0, 0.1) is 0 Å². The van der Waals surface area contributed by atoms with Gasteiger partial charge in [-0.2, -0.15) is 0 Å². The molecule has 0 saturated heterocycles. The van der Waals surface area contributed by atoms with E-state index in [0.29, 0.717) is 6.54 Å². The molecule has 1 atom stereocenters. The van der Waals surface area contributed by atoms with E-state index >= 15 is 0 Å². The third-order valence-corrected chi connectivity index (χ3v) is 3.24. The number of rotatable bonds is 3. The fraction of sp³-hybridized carbons (Fsp3) is 0.417. The highest BCUT2D eigenvalue weighted by Gasteiger charge is 2.32. The van der Waals surface area contributed by atoms with Crippen molar-refractivity contribution in [1.29, 1.82) is 0 Å². The second kappa shape index (κ2) is 6.38. The number of hydrogen-bond donors (Lipinski definition) is 1. The molecule has 0 saturated carbocycles. The van der Waals surface area contributed by atoms with Crippen LogP contribution in [0.15, 0.2) is 28.7 Å². The van der Waals surface area contributed by atoms with Gasteiger partial charge in [0.05, 0.1) is 0 Å². The fourth-order valence-electron chi connectivity index (χ4n) is 1.46. The van der Waals surface area contributed by atoms with Gasteiger partial charge in [0.15, 0.2) is 0 Å². The van der Waals surface area contributed by atoms with Crippen LogP contribution in [0.3, 0.4) is 0 Å². The number of benzene rings is 1. The van der Waals surface area contributed by atoms with Crippen LogP contribution in [0.25, 0.3) is 0 Å². The minimum Gasteiger partial charge on any atom is -0.344 e. The Labute approximate surface area is 117 Å². The molecule has 0 radical (unpaired) electrons. The molecule has 0 spiro atoms. The van der Waals surface area contributed by atoms with Gasteiger partial charge in [-0.1, -0.05) is 28.1 Å². The summed E-state index contributed by atoms with van der Waals surface area (Å²) in [6.07, 6.45) is 0. The molecule has 2 N–H and O–H groups in total. The zero-order chi connectivity index (χ0) is 12.3. The van der Waals surface area contributed by atoms with Crippen molar-refractivity contribution in [1.82, 2.24) is 4.90 Å². The minimum absolute atomic E-state index is 0. The van der Waals surface area contributed by atoms with Gasteiger partial charge in [0.2, 0.25) is 5.91 Å². The van der Waals surface area contributed by atoms with E-state index < -0.39 is 5.54 Å². The predicted octanol–water partition coefficient (Wildman–Crippen LogP) is 2.52. The molecule has 1 aromatic rings. The number of carbonyl (C=O) groups is 1. The van der Waals surface area contributed by atoms with Crippen molar-refractivity contribution in [2.45, 2.75) is 19.4 Å². The molecule has 1 rings (SSSR count). The quantitative estimate of drug-likeness (QED) is 0.930. The van der Waals surface area contributed by atoms with E-state index in [9.17, 15) is 4.79 Å². The first-order valence-electron chi connectivity index (χ1n) is 5.20. The summed E-state index contributed by atoms with van der Waals surface area (Å²) in [6.45, 7) is 4.32. The minimum atomic E-state index is -0.967. The number of carbonyl (C=O) groups excluding carboxylic acids is 1. The number of nitrogens with two attached hydrogens (primary N) is 1. The standard InChI is InChI=1S/C12H17BrN2O.ClH/c1-4-15(3)11(16)12(2,14)9-5-7-10(13)8-6-9;/h5-8H,4,14H2,1-3H3;1H. The Balaban J connectivity index is 0.00000256. The van der Waals surface area contributed by atoms with Gasteiger partial charge in [0.25, 0.3) is 0 Å². The smallest absolute Gasteiger partial charge is 0.246 e. The van der Waals surface area contributed by atoms with Crippen molar-refractivity contribution in [3.8, 4) is 0 Å². The first-order valence-corrected chi connectivity index (χ1v) is 5.99. The maximum Gasteiger partial charge on any atom is 0.246 e. The Morgan fingerprint density at radius 1 is 1.41 bits per heavy atom. The summed E-state index contributed by atoms with van der Waals surface area (Å²) in [5.41, 5.74) is 5.96. The van der Waals surface area contributed by atoms with E-state index in [0.717, 1.165) is 10.0 Å². The Kier molecular flexibility index (Phi) is 6.16. The van der Waals surface area contributed by atoms with E-state index in [1.165, 1.54) is 0 Å². The Hall–Kier alpha value is -0.580. The molecule has 0 heterocycles. The lowest BCUT2D eigenvalue weighted by atomic mass is 9.92. The summed E-state index contributed by atoms with van der Waals surface area (Å²) in [5.74, 6) is -0.0719. The highest BCUT2D eigenvalue weighted by molar-refractivity contribution is 9.10. The zero-order valence-corrected chi connectivity index (χ0v) is 12.6. The first kappa shape index (κ1) is 16.4. The van der Waals surface area contributed by atoms with Crippen LogP contribution in [0.4, 0.5) is 0 Å². The van der Waals surface area contributed by atoms with Crippen molar-refractivity contribution in [3.63, 3.8) is 0 Å². The molecular formula is C12H18BrClN2O. The third kappa shape index (κ3) is 3.69. The van der Waals surface area contributed by atoms with Gasteiger partial charge >= 0.3 is 0 Å². The maximum atomic E-state index is 12.1. The lowest BCUT2D eigenvalue weighted by molar-refractivity contribution is -0.135. The molecule has 5 heteroatoms. The summed E-state index contributed by atoms with van der Waals surface area (Å²) in [7, 11) is 1.76. The molecule has 96 valence electrons. The average molecular weight is 322 g/mol. The highest BCUT2D eigenvalue weighted by atomic mass is 79.9. The van der Waals surface area contributed by atoms with Crippen molar-refractivity contribution in [2.24, 2.45) is 5.73 Å². The largest absolute Gasteiger partial charge is 0.344 e. The molecule has 0 aliphatic heterocycles. The summed E-state index contributed by atoms with van der Waals surface area (Å²) < 4.78 is 0.975. The number of halogens is 2. The summed E-state index contributed by atoms with van der Waals surface area (Å²) >= 11 is 3.36. The SMILES string of the molecule is CCN(C)C(=O)C(C)(N)c1ccc(Br)cc1.Cl. The third-order valence-electron chi connectivity index (χ3n) is 2.71. The molecule has 0 aliphatic rings. The molecule has 0 aromatic heterocycles. The van der Waals surface area contributed by atoms with Gasteiger partial charge in [-0.15, -0.1) is 12.4 Å². The van der Waals surface area contributed by atoms with Crippen LogP contribution < -0.4 is 5.73 Å². The predicted molar refractivity (Wildman–Crippen MR) is 76.2 cm³/mol. The van der Waals surface area contributed by atoms with Gasteiger partial charge in [0, 0.05) is 18.1 Å². The Morgan fingerprint density at radius 3 is 2.29 bits per heavy atom. The van der Waals surface area contributed by atoms with Crippen LogP contribution in [0.5, 0.6) is 0 Å². The van der Waals surface area contributed by atoms with Gasteiger partial charge in [-0.05, 0) is 31.5 Å². The van der Waals surface area contributed by atoms with E-state index in [4.69, 9.17) is 5.73 Å². The van der Waals surface area contributed by atoms with Crippen molar-refractivity contribution >= 4 is 34.2 Å². The molecule has 1 amide bonds. The fourth-order valence-corrected chi connectivity index (χ4v) is 1.72. The van der Waals surface area contributed by atoms with Crippen LogP contribution in [0.2, 0.25) is 0 Å². The number of nitrogens with zero attached hydrogens (tertiary/aromatic N) is 1. The summed E-state index contributed by atoms with van der Waals surface area (Å²) in [6, 6.07) is 7.51. The maximum absolute atomic E-state index is 12.1. The zero-order valence-electron chi connectivity index (χ0n) is 10.2. The van der Waals surface area contributed by atoms with E-state index in [2.05, 4.69) is 15.9 Å². The summed E-state index contributed by atoms with van der Waals surface area (Å²) in [4.78, 5) is 13.7. The molecule has 1 unspecified atom stereocenters. The van der Waals surface area contributed by atoms with Crippen molar-refractivity contribution in [2.75, 3.05) is 13.6 Å². The molecule has 17 heavy (non-hydrogen) atoms. The van der Waals surface area contributed by atoms with E-state index in [1.54, 1.807) is 18.9 Å². The lowest BCUT2D eigenvalue weighted by Crippen LogP contribution is -2.49. The first-order chi connectivity index (χ1) is 7.39. The van der Waals surface area contributed by atoms with Crippen LogP contribution in [0.1, 0.15) is 19.4 Å². The van der Waals surface area contributed by atoms with E-state index in [-0.39, 0.29) is 18.3 Å². The normalized spacial score (nSPS) is 13.5. The number of hydrogen-bond acceptors (Lipinski definition) is 2. The van der Waals surface area contributed by atoms with Gasteiger partial charge in [-0.25, -0.2) is 0 Å². The van der Waals surface area contributed by atoms with Gasteiger partial charge < -0.3 is 10.6 Å². The second-order valence-electron chi connectivity index (χ2n) is 4.03. The molecule has 0 aliphatic carbocycles. The van der Waals surface area contributed by atoms with Crippen molar-refractivity contribution < 1.29 is 4.79 Å². The summed E-state index contributed by atoms with van der Waals surface area (Å²) in [5, 5.41) is 0. The molecule has 0 fully saturated rings.